The van der Waals surface area contributed by atoms with Gasteiger partial charge in [0.1, 0.15) is 5.75 Å². The summed E-state index contributed by atoms with van der Waals surface area (Å²) in [5.41, 5.74) is 3.68. The Bertz CT molecular complexity index is 943. The van der Waals surface area contributed by atoms with Crippen molar-refractivity contribution in [3.05, 3.63) is 66.5 Å². The summed E-state index contributed by atoms with van der Waals surface area (Å²) < 4.78 is 29.2. The first-order chi connectivity index (χ1) is 13.6. The van der Waals surface area contributed by atoms with Crippen LogP contribution in [-0.2, 0) is 11.2 Å². The number of hydrogen-bond donors (Lipinski definition) is 1. The van der Waals surface area contributed by atoms with E-state index in [1.165, 1.54) is 6.07 Å². The van der Waals surface area contributed by atoms with Gasteiger partial charge in [-0.05, 0) is 48.2 Å². The molecular weight excluding hydrogens is 364 g/mol. The van der Waals surface area contributed by atoms with E-state index in [4.69, 9.17) is 0 Å². The SMILES string of the molecule is O=C1C(Cc2cccc(OC(F)F)c2)CCN1c1ccc(-c2cn[nH]c2)cc1. The largest absolute Gasteiger partial charge is 0.435 e. The third-order valence-corrected chi connectivity index (χ3v) is 4.93. The Kier molecular flexibility index (Phi) is 5.06. The number of nitrogens with one attached hydrogen (secondary N) is 1. The lowest BCUT2D eigenvalue weighted by Gasteiger charge is -2.17. The van der Waals surface area contributed by atoms with Gasteiger partial charge in [-0.2, -0.15) is 13.9 Å². The summed E-state index contributed by atoms with van der Waals surface area (Å²) in [4.78, 5) is 14.6. The Morgan fingerprint density at radius 3 is 2.71 bits per heavy atom. The minimum atomic E-state index is -2.86. The molecule has 1 amide bonds. The van der Waals surface area contributed by atoms with Crippen LogP contribution in [0, 0.1) is 5.92 Å². The van der Waals surface area contributed by atoms with E-state index < -0.39 is 6.61 Å². The van der Waals surface area contributed by atoms with E-state index in [1.807, 2.05) is 36.5 Å². The van der Waals surface area contributed by atoms with Crippen LogP contribution in [0.2, 0.25) is 0 Å². The smallest absolute Gasteiger partial charge is 0.387 e. The van der Waals surface area contributed by atoms with Gasteiger partial charge in [-0.3, -0.25) is 9.89 Å². The van der Waals surface area contributed by atoms with Crippen molar-refractivity contribution in [2.24, 2.45) is 5.92 Å². The minimum absolute atomic E-state index is 0.0521. The normalized spacial score (nSPS) is 16.8. The van der Waals surface area contributed by atoms with Crippen molar-refractivity contribution in [3.8, 4) is 16.9 Å². The number of aromatic nitrogens is 2. The number of aromatic amines is 1. The van der Waals surface area contributed by atoms with E-state index in [1.54, 1.807) is 23.2 Å². The van der Waals surface area contributed by atoms with Crippen LogP contribution in [0.1, 0.15) is 12.0 Å². The number of benzene rings is 2. The Morgan fingerprint density at radius 2 is 2.00 bits per heavy atom. The van der Waals surface area contributed by atoms with E-state index in [0.29, 0.717) is 13.0 Å². The van der Waals surface area contributed by atoms with Crippen LogP contribution in [0.25, 0.3) is 11.1 Å². The van der Waals surface area contributed by atoms with Crippen molar-refractivity contribution >= 4 is 11.6 Å². The molecule has 5 nitrogen and oxygen atoms in total. The summed E-state index contributed by atoms with van der Waals surface area (Å²) in [6, 6.07) is 14.3. The molecule has 1 aliphatic rings. The monoisotopic (exact) mass is 383 g/mol. The third kappa shape index (κ3) is 3.88. The standard InChI is InChI=1S/C21H19F2N3O2/c22-21(23)28-19-3-1-2-14(11-19)10-16-8-9-26(20(16)27)18-6-4-15(5-7-18)17-12-24-25-13-17/h1-7,11-13,16,21H,8-10H2,(H,24,25). The molecule has 1 saturated heterocycles. The second kappa shape index (κ2) is 7.80. The Hall–Kier alpha value is -3.22. The molecule has 144 valence electrons. The zero-order valence-corrected chi connectivity index (χ0v) is 15.0. The van der Waals surface area contributed by atoms with Crippen molar-refractivity contribution < 1.29 is 18.3 Å². The first kappa shape index (κ1) is 18.2. The maximum Gasteiger partial charge on any atom is 0.387 e. The highest BCUT2D eigenvalue weighted by atomic mass is 19.3. The number of hydrogen-bond acceptors (Lipinski definition) is 3. The number of carbonyl (C=O) groups is 1. The number of ether oxygens (including phenoxy) is 1. The fraction of sp³-hybridized carbons (Fsp3) is 0.238. The highest BCUT2D eigenvalue weighted by molar-refractivity contribution is 5.97. The molecule has 1 aliphatic heterocycles. The van der Waals surface area contributed by atoms with Gasteiger partial charge in [0, 0.05) is 29.9 Å². The minimum Gasteiger partial charge on any atom is -0.435 e. The Morgan fingerprint density at radius 1 is 1.18 bits per heavy atom. The first-order valence-corrected chi connectivity index (χ1v) is 9.04. The molecule has 0 saturated carbocycles. The molecular formula is C21H19F2N3O2. The predicted molar refractivity (Wildman–Crippen MR) is 101 cm³/mol. The molecule has 28 heavy (non-hydrogen) atoms. The molecule has 0 bridgehead atoms. The molecule has 2 aromatic carbocycles. The molecule has 1 N–H and O–H groups in total. The van der Waals surface area contributed by atoms with Gasteiger partial charge in [0.05, 0.1) is 6.20 Å². The number of rotatable bonds is 6. The summed E-state index contributed by atoms with van der Waals surface area (Å²) in [6.07, 6.45) is 4.79. The lowest BCUT2D eigenvalue weighted by molar-refractivity contribution is -0.120. The van der Waals surface area contributed by atoms with Crippen LogP contribution in [0.15, 0.2) is 60.9 Å². The van der Waals surface area contributed by atoms with E-state index >= 15 is 0 Å². The molecule has 1 aromatic heterocycles. The second-order valence-electron chi connectivity index (χ2n) is 6.74. The van der Waals surface area contributed by atoms with Crippen molar-refractivity contribution in [2.75, 3.05) is 11.4 Å². The lowest BCUT2D eigenvalue weighted by atomic mass is 9.98. The number of carbonyl (C=O) groups excluding carboxylic acids is 1. The van der Waals surface area contributed by atoms with Gasteiger partial charge in [-0.15, -0.1) is 0 Å². The number of nitrogens with zero attached hydrogens (tertiary/aromatic N) is 2. The van der Waals surface area contributed by atoms with E-state index in [9.17, 15) is 13.6 Å². The number of H-pyrrole nitrogens is 1. The zero-order valence-electron chi connectivity index (χ0n) is 15.0. The fourth-order valence-electron chi connectivity index (χ4n) is 3.56. The van der Waals surface area contributed by atoms with Crippen molar-refractivity contribution in [2.45, 2.75) is 19.5 Å². The molecule has 1 unspecified atom stereocenters. The predicted octanol–water partition coefficient (Wildman–Crippen LogP) is 4.27. The quantitative estimate of drug-likeness (QED) is 0.691. The highest BCUT2D eigenvalue weighted by Crippen LogP contribution is 2.30. The molecule has 7 heteroatoms. The molecule has 0 radical (unpaired) electrons. The average molecular weight is 383 g/mol. The first-order valence-electron chi connectivity index (χ1n) is 9.04. The van der Waals surface area contributed by atoms with Gasteiger partial charge in [0.15, 0.2) is 0 Å². The number of amides is 1. The van der Waals surface area contributed by atoms with Crippen LogP contribution in [-0.4, -0.2) is 29.3 Å². The molecule has 1 atom stereocenters. The topological polar surface area (TPSA) is 58.2 Å². The van der Waals surface area contributed by atoms with Gasteiger partial charge < -0.3 is 9.64 Å². The van der Waals surface area contributed by atoms with Crippen LogP contribution < -0.4 is 9.64 Å². The molecule has 2 heterocycles. The maximum atomic E-state index is 12.8. The van der Waals surface area contributed by atoms with Gasteiger partial charge in [0.2, 0.25) is 5.91 Å². The summed E-state index contributed by atoms with van der Waals surface area (Å²) in [7, 11) is 0. The number of anilines is 1. The van der Waals surface area contributed by atoms with Crippen molar-refractivity contribution in [1.29, 1.82) is 0 Å². The van der Waals surface area contributed by atoms with Gasteiger partial charge in [-0.25, -0.2) is 0 Å². The summed E-state index contributed by atoms with van der Waals surface area (Å²) in [6.45, 7) is -2.22. The van der Waals surface area contributed by atoms with Crippen LogP contribution in [0.3, 0.4) is 0 Å². The molecule has 3 aromatic rings. The lowest BCUT2D eigenvalue weighted by Crippen LogP contribution is -2.27. The fourth-order valence-corrected chi connectivity index (χ4v) is 3.56. The summed E-state index contributed by atoms with van der Waals surface area (Å²) in [5, 5.41) is 6.73. The zero-order chi connectivity index (χ0) is 19.5. The average Bonchev–Trinajstić information content (AvgIpc) is 3.33. The molecule has 0 aliphatic carbocycles. The molecule has 4 rings (SSSR count). The van der Waals surface area contributed by atoms with E-state index in [0.717, 1.165) is 28.8 Å². The summed E-state index contributed by atoms with van der Waals surface area (Å²) in [5.74, 6) is -0.00349. The number of alkyl halides is 2. The van der Waals surface area contributed by atoms with Gasteiger partial charge >= 0.3 is 6.61 Å². The van der Waals surface area contributed by atoms with Gasteiger partial charge in [0.25, 0.3) is 0 Å². The second-order valence-corrected chi connectivity index (χ2v) is 6.74. The number of halogens is 2. The summed E-state index contributed by atoms with van der Waals surface area (Å²) >= 11 is 0. The Labute approximate surface area is 160 Å². The maximum absolute atomic E-state index is 12.8. The van der Waals surface area contributed by atoms with E-state index in [2.05, 4.69) is 14.9 Å². The van der Waals surface area contributed by atoms with Crippen molar-refractivity contribution in [1.82, 2.24) is 10.2 Å². The molecule has 0 spiro atoms. The molecule has 1 fully saturated rings. The van der Waals surface area contributed by atoms with Gasteiger partial charge in [-0.1, -0.05) is 24.3 Å². The van der Waals surface area contributed by atoms with Crippen LogP contribution >= 0.6 is 0 Å². The van der Waals surface area contributed by atoms with E-state index in [-0.39, 0.29) is 17.6 Å². The van der Waals surface area contributed by atoms with Crippen molar-refractivity contribution in [3.63, 3.8) is 0 Å². The third-order valence-electron chi connectivity index (χ3n) is 4.93. The highest BCUT2D eigenvalue weighted by Gasteiger charge is 2.32. The van der Waals surface area contributed by atoms with Crippen LogP contribution in [0.4, 0.5) is 14.5 Å². The van der Waals surface area contributed by atoms with Crippen LogP contribution in [0.5, 0.6) is 5.75 Å². The Balaban J connectivity index is 1.44.